The Kier molecular flexibility index (Phi) is 4.28. The van der Waals surface area contributed by atoms with Gasteiger partial charge in [-0.15, -0.1) is 0 Å². The van der Waals surface area contributed by atoms with E-state index in [2.05, 4.69) is 34.5 Å². The summed E-state index contributed by atoms with van der Waals surface area (Å²) < 4.78 is 5.31. The molecular formula is C16H19ClN2O. The summed E-state index contributed by atoms with van der Waals surface area (Å²) in [5, 5.41) is 3.76. The molecule has 20 heavy (non-hydrogen) atoms. The lowest BCUT2D eigenvalue weighted by Gasteiger charge is -2.14. The smallest absolute Gasteiger partial charge is 0.193 e. The van der Waals surface area contributed by atoms with Crippen LogP contribution < -0.4 is 5.32 Å². The summed E-state index contributed by atoms with van der Waals surface area (Å²) in [4.78, 5) is 2.51. The van der Waals surface area contributed by atoms with Crippen molar-refractivity contribution in [2.75, 3.05) is 18.4 Å². The standard InChI is InChI=1S/C16H19ClN2O/c17-16-8-7-15(20-16)11-18-14-5-3-13(4-6-14)12-19-9-1-2-10-19/h3-8,18H,1-2,9-12H2. The van der Waals surface area contributed by atoms with Gasteiger partial charge in [0.15, 0.2) is 5.22 Å². The Hall–Kier alpha value is -1.45. The zero-order chi connectivity index (χ0) is 13.8. The van der Waals surface area contributed by atoms with Crippen molar-refractivity contribution in [2.24, 2.45) is 0 Å². The van der Waals surface area contributed by atoms with E-state index in [1.807, 2.05) is 6.07 Å². The highest BCUT2D eigenvalue weighted by atomic mass is 35.5. The maximum absolute atomic E-state index is 5.74. The van der Waals surface area contributed by atoms with Crippen molar-refractivity contribution in [1.29, 1.82) is 0 Å². The summed E-state index contributed by atoms with van der Waals surface area (Å²) in [5.74, 6) is 0.844. The first kappa shape index (κ1) is 13.5. The molecule has 0 aliphatic carbocycles. The van der Waals surface area contributed by atoms with E-state index < -0.39 is 0 Å². The molecular weight excluding hydrogens is 272 g/mol. The number of benzene rings is 1. The van der Waals surface area contributed by atoms with Gasteiger partial charge in [-0.25, -0.2) is 0 Å². The number of rotatable bonds is 5. The molecule has 0 radical (unpaired) electrons. The fourth-order valence-corrected chi connectivity index (χ4v) is 2.72. The van der Waals surface area contributed by atoms with Gasteiger partial charge in [-0.05, 0) is 67.4 Å². The lowest BCUT2D eigenvalue weighted by atomic mass is 10.2. The van der Waals surface area contributed by atoms with Crippen LogP contribution in [0.4, 0.5) is 5.69 Å². The molecule has 1 aromatic carbocycles. The van der Waals surface area contributed by atoms with E-state index in [4.69, 9.17) is 16.0 Å². The summed E-state index contributed by atoms with van der Waals surface area (Å²) in [6.45, 7) is 4.19. The maximum Gasteiger partial charge on any atom is 0.193 e. The van der Waals surface area contributed by atoms with Crippen LogP contribution in [0.1, 0.15) is 24.2 Å². The van der Waals surface area contributed by atoms with Gasteiger partial charge in [-0.2, -0.15) is 0 Å². The number of hydrogen-bond acceptors (Lipinski definition) is 3. The monoisotopic (exact) mass is 290 g/mol. The molecule has 1 aliphatic heterocycles. The molecule has 2 aromatic rings. The molecule has 0 amide bonds. The first-order valence-electron chi connectivity index (χ1n) is 7.09. The molecule has 1 aliphatic rings. The van der Waals surface area contributed by atoms with Crippen molar-refractivity contribution in [3.63, 3.8) is 0 Å². The lowest BCUT2D eigenvalue weighted by Crippen LogP contribution is -2.18. The molecule has 0 saturated carbocycles. The topological polar surface area (TPSA) is 28.4 Å². The molecule has 0 spiro atoms. The molecule has 0 bridgehead atoms. The van der Waals surface area contributed by atoms with Gasteiger partial charge in [0.05, 0.1) is 6.54 Å². The van der Waals surface area contributed by atoms with Crippen LogP contribution in [-0.4, -0.2) is 18.0 Å². The van der Waals surface area contributed by atoms with Crippen molar-refractivity contribution in [2.45, 2.75) is 25.9 Å². The van der Waals surface area contributed by atoms with Crippen LogP contribution in [-0.2, 0) is 13.1 Å². The van der Waals surface area contributed by atoms with E-state index in [0.29, 0.717) is 11.8 Å². The van der Waals surface area contributed by atoms with Crippen molar-refractivity contribution in [1.82, 2.24) is 4.90 Å². The number of nitrogens with zero attached hydrogens (tertiary/aromatic N) is 1. The summed E-state index contributed by atoms with van der Waals surface area (Å²) in [6.07, 6.45) is 2.68. The molecule has 2 heterocycles. The number of halogens is 1. The van der Waals surface area contributed by atoms with Gasteiger partial charge in [-0.1, -0.05) is 12.1 Å². The average molecular weight is 291 g/mol. The maximum atomic E-state index is 5.74. The van der Waals surface area contributed by atoms with Crippen LogP contribution in [0, 0.1) is 0 Å². The molecule has 1 aromatic heterocycles. The largest absolute Gasteiger partial charge is 0.448 e. The summed E-state index contributed by atoms with van der Waals surface area (Å²) in [7, 11) is 0. The Morgan fingerprint density at radius 3 is 2.45 bits per heavy atom. The van der Waals surface area contributed by atoms with E-state index in [0.717, 1.165) is 18.0 Å². The second kappa shape index (κ2) is 6.33. The van der Waals surface area contributed by atoms with Crippen LogP contribution >= 0.6 is 11.6 Å². The highest BCUT2D eigenvalue weighted by molar-refractivity contribution is 6.28. The molecule has 3 rings (SSSR count). The quantitative estimate of drug-likeness (QED) is 0.897. The Balaban J connectivity index is 1.52. The number of nitrogens with one attached hydrogen (secondary N) is 1. The molecule has 0 atom stereocenters. The minimum absolute atomic E-state index is 0.433. The van der Waals surface area contributed by atoms with Crippen LogP contribution in [0.15, 0.2) is 40.8 Å². The number of anilines is 1. The third-order valence-electron chi connectivity index (χ3n) is 3.65. The highest BCUT2D eigenvalue weighted by Gasteiger charge is 2.11. The first-order valence-corrected chi connectivity index (χ1v) is 7.47. The van der Waals surface area contributed by atoms with Gasteiger partial charge in [0, 0.05) is 12.2 Å². The van der Waals surface area contributed by atoms with Crippen molar-refractivity contribution >= 4 is 17.3 Å². The minimum atomic E-state index is 0.433. The average Bonchev–Trinajstić information content (AvgIpc) is 3.10. The second-order valence-electron chi connectivity index (χ2n) is 5.24. The van der Waals surface area contributed by atoms with Gasteiger partial charge in [-0.3, -0.25) is 4.90 Å². The fraction of sp³-hybridized carbons (Fsp3) is 0.375. The zero-order valence-corrected chi connectivity index (χ0v) is 12.2. The van der Waals surface area contributed by atoms with E-state index in [9.17, 15) is 0 Å². The van der Waals surface area contributed by atoms with Gasteiger partial charge in [0.1, 0.15) is 5.76 Å². The third-order valence-corrected chi connectivity index (χ3v) is 3.86. The van der Waals surface area contributed by atoms with Crippen LogP contribution in [0.2, 0.25) is 5.22 Å². The van der Waals surface area contributed by atoms with Crippen molar-refractivity contribution in [3.8, 4) is 0 Å². The van der Waals surface area contributed by atoms with Gasteiger partial charge >= 0.3 is 0 Å². The van der Waals surface area contributed by atoms with E-state index in [1.54, 1.807) is 6.07 Å². The van der Waals surface area contributed by atoms with Crippen LogP contribution in [0.5, 0.6) is 0 Å². The predicted molar refractivity (Wildman–Crippen MR) is 82.0 cm³/mol. The second-order valence-corrected chi connectivity index (χ2v) is 5.61. The zero-order valence-electron chi connectivity index (χ0n) is 11.4. The molecule has 1 N–H and O–H groups in total. The Morgan fingerprint density at radius 2 is 1.80 bits per heavy atom. The summed E-state index contributed by atoms with van der Waals surface area (Å²) >= 11 is 5.74. The predicted octanol–water partition coefficient (Wildman–Crippen LogP) is 4.14. The van der Waals surface area contributed by atoms with E-state index >= 15 is 0 Å². The molecule has 1 saturated heterocycles. The SMILES string of the molecule is Clc1ccc(CNc2ccc(CN3CCCC3)cc2)o1. The molecule has 4 heteroatoms. The van der Waals surface area contributed by atoms with E-state index in [1.165, 1.54) is 31.5 Å². The highest BCUT2D eigenvalue weighted by Crippen LogP contribution is 2.17. The van der Waals surface area contributed by atoms with Gasteiger partial charge < -0.3 is 9.73 Å². The minimum Gasteiger partial charge on any atom is -0.448 e. The van der Waals surface area contributed by atoms with Crippen molar-refractivity contribution in [3.05, 3.63) is 52.9 Å². The molecule has 0 unspecified atom stereocenters. The van der Waals surface area contributed by atoms with E-state index in [-0.39, 0.29) is 0 Å². The molecule has 1 fully saturated rings. The van der Waals surface area contributed by atoms with Crippen molar-refractivity contribution < 1.29 is 4.42 Å². The first-order chi connectivity index (χ1) is 9.79. The van der Waals surface area contributed by atoms with Crippen LogP contribution in [0.3, 0.4) is 0 Å². The Bertz CT molecular complexity index is 544. The number of hydrogen-bond donors (Lipinski definition) is 1. The number of furan rings is 1. The third kappa shape index (κ3) is 3.56. The summed E-state index contributed by atoms with van der Waals surface area (Å²) in [6, 6.07) is 12.3. The molecule has 3 nitrogen and oxygen atoms in total. The Morgan fingerprint density at radius 1 is 1.05 bits per heavy atom. The fourth-order valence-electron chi connectivity index (χ4n) is 2.56. The molecule has 106 valence electrons. The van der Waals surface area contributed by atoms with Gasteiger partial charge in [0.25, 0.3) is 0 Å². The Labute approximate surface area is 124 Å². The number of likely N-dealkylation sites (tertiary alicyclic amines) is 1. The van der Waals surface area contributed by atoms with Crippen LogP contribution in [0.25, 0.3) is 0 Å². The lowest BCUT2D eigenvalue weighted by molar-refractivity contribution is 0.331. The summed E-state index contributed by atoms with van der Waals surface area (Å²) in [5.41, 5.74) is 2.47. The normalized spacial score (nSPS) is 15.7. The van der Waals surface area contributed by atoms with Gasteiger partial charge in [0.2, 0.25) is 0 Å².